The Labute approximate surface area is 190 Å². The van der Waals surface area contributed by atoms with Crippen LogP contribution in [-0.4, -0.2) is 28.4 Å². The van der Waals surface area contributed by atoms with Gasteiger partial charge < -0.3 is 14.6 Å². The lowest BCUT2D eigenvalue weighted by atomic mass is 10.1. The van der Waals surface area contributed by atoms with E-state index in [2.05, 4.69) is 11.3 Å². The molecule has 7 heteroatoms. The maximum Gasteiger partial charge on any atom is 0.325 e. The van der Waals surface area contributed by atoms with Crippen molar-refractivity contribution in [1.29, 1.82) is 0 Å². The number of methoxy groups -OCH3 is 1. The number of nitrogens with one attached hydrogen (secondary N) is 1. The Hall–Kier alpha value is -3.42. The maximum atomic E-state index is 12.5. The van der Waals surface area contributed by atoms with Crippen LogP contribution in [0.2, 0.25) is 0 Å². The summed E-state index contributed by atoms with van der Waals surface area (Å²) in [5.41, 5.74) is 3.36. The van der Waals surface area contributed by atoms with Gasteiger partial charge in [0.15, 0.2) is 0 Å². The van der Waals surface area contributed by atoms with Crippen molar-refractivity contribution in [3.05, 3.63) is 90.5 Å². The molecule has 3 aromatic rings. The number of hydrogen-bond donors (Lipinski definition) is 2. The van der Waals surface area contributed by atoms with Crippen LogP contribution in [0.4, 0.5) is 0 Å². The number of aliphatic carboxylic acids is 1. The van der Waals surface area contributed by atoms with E-state index < -0.39 is 23.0 Å². The molecule has 3 aromatic carbocycles. The van der Waals surface area contributed by atoms with Crippen LogP contribution in [0, 0.1) is 0 Å². The van der Waals surface area contributed by atoms with Gasteiger partial charge in [-0.1, -0.05) is 48.6 Å². The molecule has 0 saturated heterocycles. The van der Waals surface area contributed by atoms with Gasteiger partial charge in [0.05, 0.1) is 12.0 Å². The Morgan fingerprint density at radius 1 is 0.969 bits per heavy atom. The third kappa shape index (κ3) is 6.06. The molecule has 166 valence electrons. The number of carboxylic acid groups (broad SMARTS) is 1. The Morgan fingerprint density at radius 3 is 2.00 bits per heavy atom. The SMILES string of the molecule is C=C(C)[C@@H](NS(=O)c1ccc(-c2ccc(OCc3ccc(OC)cc3)cc2)cc1)C(=O)O. The first-order valence-corrected chi connectivity index (χ1v) is 11.0. The van der Waals surface area contributed by atoms with E-state index in [4.69, 9.17) is 9.47 Å². The van der Waals surface area contributed by atoms with Crippen molar-refractivity contribution in [2.24, 2.45) is 0 Å². The maximum absolute atomic E-state index is 12.5. The van der Waals surface area contributed by atoms with Gasteiger partial charge in [0.1, 0.15) is 35.1 Å². The first kappa shape index (κ1) is 23.2. The normalized spacial score (nSPS) is 12.6. The molecule has 0 aliphatic heterocycles. The highest BCUT2D eigenvalue weighted by atomic mass is 32.2. The summed E-state index contributed by atoms with van der Waals surface area (Å²) in [5.74, 6) is 0.448. The van der Waals surface area contributed by atoms with Crippen molar-refractivity contribution in [3.63, 3.8) is 0 Å². The minimum absolute atomic E-state index is 0.386. The first-order valence-electron chi connectivity index (χ1n) is 9.90. The molecule has 0 spiro atoms. The molecule has 0 heterocycles. The van der Waals surface area contributed by atoms with E-state index in [1.807, 2.05) is 60.7 Å². The van der Waals surface area contributed by atoms with Gasteiger partial charge in [-0.25, -0.2) is 8.93 Å². The number of carboxylic acids is 1. The van der Waals surface area contributed by atoms with Crippen LogP contribution in [0.3, 0.4) is 0 Å². The Balaban J connectivity index is 1.61. The summed E-state index contributed by atoms with van der Waals surface area (Å²) in [7, 11) is -0.0314. The lowest BCUT2D eigenvalue weighted by Gasteiger charge is -2.14. The van der Waals surface area contributed by atoms with Crippen LogP contribution in [0.5, 0.6) is 11.5 Å². The molecule has 0 saturated carbocycles. The smallest absolute Gasteiger partial charge is 0.325 e. The number of hydrogen-bond acceptors (Lipinski definition) is 4. The fraction of sp³-hybridized carbons (Fsp3) is 0.160. The Morgan fingerprint density at radius 2 is 1.50 bits per heavy atom. The zero-order chi connectivity index (χ0) is 23.1. The van der Waals surface area contributed by atoms with Crippen molar-refractivity contribution in [2.75, 3.05) is 7.11 Å². The van der Waals surface area contributed by atoms with Gasteiger partial charge in [0.25, 0.3) is 0 Å². The summed E-state index contributed by atoms with van der Waals surface area (Å²) < 4.78 is 26.0. The monoisotopic (exact) mass is 451 g/mol. The Kier molecular flexibility index (Phi) is 7.81. The molecular formula is C25H25NO5S. The molecule has 0 fully saturated rings. The highest BCUT2D eigenvalue weighted by Crippen LogP contribution is 2.24. The van der Waals surface area contributed by atoms with E-state index >= 15 is 0 Å². The summed E-state index contributed by atoms with van der Waals surface area (Å²) in [6.07, 6.45) is 0. The summed E-state index contributed by atoms with van der Waals surface area (Å²) in [5, 5.41) is 9.21. The molecule has 0 amide bonds. The van der Waals surface area contributed by atoms with Crippen molar-refractivity contribution in [1.82, 2.24) is 4.72 Å². The van der Waals surface area contributed by atoms with Crippen LogP contribution in [0.15, 0.2) is 89.8 Å². The topological polar surface area (TPSA) is 84.9 Å². The number of rotatable bonds is 10. The van der Waals surface area contributed by atoms with E-state index in [1.165, 1.54) is 0 Å². The molecule has 6 nitrogen and oxygen atoms in total. The second-order valence-electron chi connectivity index (χ2n) is 7.19. The highest BCUT2D eigenvalue weighted by Gasteiger charge is 2.20. The average molecular weight is 452 g/mol. The molecule has 0 aliphatic carbocycles. The van der Waals surface area contributed by atoms with Gasteiger partial charge in [-0.3, -0.25) is 4.79 Å². The van der Waals surface area contributed by atoms with E-state index in [0.29, 0.717) is 17.1 Å². The van der Waals surface area contributed by atoms with Gasteiger partial charge in [-0.2, -0.15) is 0 Å². The van der Waals surface area contributed by atoms with Gasteiger partial charge in [0.2, 0.25) is 0 Å². The van der Waals surface area contributed by atoms with E-state index in [1.54, 1.807) is 26.2 Å². The predicted molar refractivity (Wildman–Crippen MR) is 125 cm³/mol. The van der Waals surface area contributed by atoms with Gasteiger partial charge in [0, 0.05) is 0 Å². The van der Waals surface area contributed by atoms with Crippen LogP contribution < -0.4 is 14.2 Å². The lowest BCUT2D eigenvalue weighted by molar-refractivity contribution is -0.137. The van der Waals surface area contributed by atoms with Gasteiger partial charge >= 0.3 is 5.97 Å². The van der Waals surface area contributed by atoms with Crippen molar-refractivity contribution >= 4 is 17.0 Å². The molecule has 0 aliphatic rings. The zero-order valence-corrected chi connectivity index (χ0v) is 18.7. The van der Waals surface area contributed by atoms with Crippen LogP contribution in [0.1, 0.15) is 12.5 Å². The lowest BCUT2D eigenvalue weighted by Crippen LogP contribution is -2.38. The van der Waals surface area contributed by atoms with Crippen LogP contribution in [0.25, 0.3) is 11.1 Å². The average Bonchev–Trinajstić information content (AvgIpc) is 2.81. The number of ether oxygens (including phenoxy) is 2. The molecule has 2 N–H and O–H groups in total. The van der Waals surface area contributed by atoms with Crippen molar-refractivity contribution in [2.45, 2.75) is 24.5 Å². The summed E-state index contributed by atoms with van der Waals surface area (Å²) in [6, 6.07) is 21.5. The summed E-state index contributed by atoms with van der Waals surface area (Å²) in [6.45, 7) is 5.67. The fourth-order valence-electron chi connectivity index (χ4n) is 2.94. The van der Waals surface area contributed by atoms with Crippen molar-refractivity contribution < 1.29 is 23.6 Å². The van der Waals surface area contributed by atoms with E-state index in [-0.39, 0.29) is 0 Å². The second-order valence-corrected chi connectivity index (χ2v) is 8.43. The molecule has 32 heavy (non-hydrogen) atoms. The Bertz CT molecular complexity index is 1080. The van der Waals surface area contributed by atoms with E-state index in [9.17, 15) is 14.1 Å². The third-order valence-corrected chi connectivity index (χ3v) is 5.94. The minimum atomic E-state index is -1.67. The largest absolute Gasteiger partial charge is 0.497 e. The third-order valence-electron chi connectivity index (χ3n) is 4.79. The van der Waals surface area contributed by atoms with Crippen LogP contribution >= 0.6 is 0 Å². The zero-order valence-electron chi connectivity index (χ0n) is 17.9. The first-order chi connectivity index (χ1) is 15.4. The molecule has 0 radical (unpaired) electrons. The van der Waals surface area contributed by atoms with Crippen molar-refractivity contribution in [3.8, 4) is 22.6 Å². The molecule has 2 atom stereocenters. The highest BCUT2D eigenvalue weighted by molar-refractivity contribution is 7.83. The molecular weight excluding hydrogens is 426 g/mol. The minimum Gasteiger partial charge on any atom is -0.497 e. The van der Waals surface area contributed by atoms with E-state index in [0.717, 1.165) is 28.2 Å². The molecule has 0 aromatic heterocycles. The molecule has 3 rings (SSSR count). The van der Waals surface area contributed by atoms with Gasteiger partial charge in [-0.05, 0) is 60.0 Å². The van der Waals surface area contributed by atoms with Gasteiger partial charge in [-0.15, -0.1) is 0 Å². The molecule has 0 bridgehead atoms. The second kappa shape index (κ2) is 10.7. The number of benzene rings is 3. The fourth-order valence-corrected chi connectivity index (χ4v) is 3.98. The molecule has 1 unspecified atom stereocenters. The number of carbonyl (C=O) groups is 1. The summed E-state index contributed by atoms with van der Waals surface area (Å²) in [4.78, 5) is 11.7. The quantitative estimate of drug-likeness (QED) is 0.441. The summed E-state index contributed by atoms with van der Waals surface area (Å²) >= 11 is 0. The van der Waals surface area contributed by atoms with Crippen LogP contribution in [-0.2, 0) is 22.4 Å². The predicted octanol–water partition coefficient (Wildman–Crippen LogP) is 4.58. The standard InChI is InChI=1S/C25H25NO5S/c1-17(2)24(25(27)28)26-32(29)23-14-8-20(9-15-23)19-6-12-22(13-7-19)31-16-18-4-10-21(30-3)11-5-18/h4-15,24,26H,1,16H2,2-3H3,(H,27,28)/t24-,32?/m1/s1.